The first-order valence-corrected chi connectivity index (χ1v) is 5.56. The molecule has 2 bridgehead atoms. The molecule has 3 heterocycles. The van der Waals surface area contributed by atoms with Crippen LogP contribution >= 0.6 is 0 Å². The normalized spacial score (nSPS) is 36.2. The highest BCUT2D eigenvalue weighted by Gasteiger charge is 2.34. The van der Waals surface area contributed by atoms with E-state index in [2.05, 4.69) is 30.6 Å². The van der Waals surface area contributed by atoms with Gasteiger partial charge in [0.1, 0.15) is 0 Å². The Labute approximate surface area is 81.9 Å². The molecular formula is C11H22N2. The molecular weight excluding hydrogens is 160 g/mol. The number of rotatable bonds is 0. The van der Waals surface area contributed by atoms with Gasteiger partial charge < -0.3 is 4.90 Å². The number of piperidine rings is 1. The summed E-state index contributed by atoms with van der Waals surface area (Å²) in [6.45, 7) is 12.3. The van der Waals surface area contributed by atoms with E-state index in [0.29, 0.717) is 5.54 Å². The Morgan fingerprint density at radius 3 is 2.08 bits per heavy atom. The minimum atomic E-state index is 0.366. The van der Waals surface area contributed by atoms with Crippen molar-refractivity contribution in [1.29, 1.82) is 0 Å². The third-order valence-corrected chi connectivity index (χ3v) is 3.52. The van der Waals surface area contributed by atoms with Gasteiger partial charge >= 0.3 is 0 Å². The fourth-order valence-electron chi connectivity index (χ4n) is 2.77. The molecule has 0 unspecified atom stereocenters. The van der Waals surface area contributed by atoms with Crippen LogP contribution in [-0.2, 0) is 0 Å². The highest BCUT2D eigenvalue weighted by Crippen LogP contribution is 2.27. The van der Waals surface area contributed by atoms with Crippen LogP contribution in [0.15, 0.2) is 0 Å². The number of fused-ring (bicyclic) bond motifs is 4. The molecule has 13 heavy (non-hydrogen) atoms. The van der Waals surface area contributed by atoms with Gasteiger partial charge in [-0.2, -0.15) is 0 Å². The topological polar surface area (TPSA) is 6.48 Å². The van der Waals surface area contributed by atoms with Gasteiger partial charge in [0.2, 0.25) is 0 Å². The summed E-state index contributed by atoms with van der Waals surface area (Å²) >= 11 is 0. The molecule has 0 amide bonds. The van der Waals surface area contributed by atoms with E-state index in [1.165, 1.54) is 39.0 Å². The van der Waals surface area contributed by atoms with Crippen molar-refractivity contribution in [3.63, 3.8) is 0 Å². The van der Waals surface area contributed by atoms with E-state index >= 15 is 0 Å². The highest BCUT2D eigenvalue weighted by molar-refractivity contribution is 4.90. The summed E-state index contributed by atoms with van der Waals surface area (Å²) in [5.74, 6) is 0. The molecule has 0 spiro atoms. The molecule has 0 atom stereocenters. The van der Waals surface area contributed by atoms with Gasteiger partial charge in [-0.25, -0.2) is 0 Å². The second-order valence-corrected chi connectivity index (χ2v) is 5.44. The molecule has 0 aromatic carbocycles. The van der Waals surface area contributed by atoms with Gasteiger partial charge in [0, 0.05) is 24.7 Å². The Bertz CT molecular complexity index is 175. The van der Waals surface area contributed by atoms with Gasteiger partial charge in [0.15, 0.2) is 0 Å². The van der Waals surface area contributed by atoms with Gasteiger partial charge in [-0.3, -0.25) is 4.90 Å². The van der Waals surface area contributed by atoms with Crippen molar-refractivity contribution in [2.24, 2.45) is 0 Å². The van der Waals surface area contributed by atoms with Crippen LogP contribution in [0.3, 0.4) is 0 Å². The van der Waals surface area contributed by atoms with Crippen LogP contribution in [0.5, 0.6) is 0 Å². The summed E-state index contributed by atoms with van der Waals surface area (Å²) < 4.78 is 0. The monoisotopic (exact) mass is 182 g/mol. The summed E-state index contributed by atoms with van der Waals surface area (Å²) in [7, 11) is 0. The Morgan fingerprint density at radius 2 is 1.54 bits per heavy atom. The smallest absolute Gasteiger partial charge is 0.0128 e. The fourth-order valence-corrected chi connectivity index (χ4v) is 2.77. The van der Waals surface area contributed by atoms with Crippen LogP contribution in [0.25, 0.3) is 0 Å². The highest BCUT2D eigenvalue weighted by atomic mass is 15.3. The zero-order valence-corrected chi connectivity index (χ0v) is 9.21. The maximum absolute atomic E-state index is 2.71. The van der Waals surface area contributed by atoms with Gasteiger partial charge in [0.25, 0.3) is 0 Å². The fraction of sp³-hybridized carbons (Fsp3) is 1.00. The molecule has 2 heteroatoms. The van der Waals surface area contributed by atoms with Crippen LogP contribution in [0.4, 0.5) is 0 Å². The molecule has 3 fully saturated rings. The first-order chi connectivity index (χ1) is 6.07. The number of nitrogens with zero attached hydrogens (tertiary/aromatic N) is 2. The van der Waals surface area contributed by atoms with E-state index < -0.39 is 0 Å². The van der Waals surface area contributed by atoms with Crippen LogP contribution in [0.1, 0.15) is 33.6 Å². The van der Waals surface area contributed by atoms with Crippen LogP contribution in [0.2, 0.25) is 0 Å². The van der Waals surface area contributed by atoms with Crippen molar-refractivity contribution in [3.8, 4) is 0 Å². The van der Waals surface area contributed by atoms with Gasteiger partial charge in [-0.15, -0.1) is 0 Å². The van der Waals surface area contributed by atoms with E-state index in [4.69, 9.17) is 0 Å². The van der Waals surface area contributed by atoms with E-state index in [1.807, 2.05) is 0 Å². The van der Waals surface area contributed by atoms with E-state index in [1.54, 1.807) is 0 Å². The Kier molecular flexibility index (Phi) is 2.37. The summed E-state index contributed by atoms with van der Waals surface area (Å²) in [6.07, 6.45) is 2.77. The summed E-state index contributed by atoms with van der Waals surface area (Å²) in [6, 6.07) is 0.860. The lowest BCUT2D eigenvalue weighted by Crippen LogP contribution is -2.48. The first kappa shape index (κ1) is 9.47. The molecule has 0 N–H and O–H groups in total. The molecule has 3 aliphatic heterocycles. The van der Waals surface area contributed by atoms with Gasteiger partial charge in [-0.05, 0) is 46.7 Å². The average Bonchev–Trinajstić information content (AvgIpc) is 2.34. The van der Waals surface area contributed by atoms with E-state index in [-0.39, 0.29) is 0 Å². The maximum Gasteiger partial charge on any atom is 0.0128 e. The quantitative estimate of drug-likeness (QED) is 0.561. The molecule has 3 saturated heterocycles. The zero-order valence-electron chi connectivity index (χ0n) is 9.21. The van der Waals surface area contributed by atoms with Crippen molar-refractivity contribution >= 4 is 0 Å². The molecule has 0 aliphatic carbocycles. The predicted octanol–water partition coefficient (Wildman–Crippen LogP) is 1.56. The molecule has 0 aromatic rings. The maximum atomic E-state index is 2.71. The van der Waals surface area contributed by atoms with Gasteiger partial charge in [0.05, 0.1) is 0 Å². The van der Waals surface area contributed by atoms with Crippen molar-refractivity contribution in [3.05, 3.63) is 0 Å². The molecule has 2 nitrogen and oxygen atoms in total. The van der Waals surface area contributed by atoms with E-state index in [0.717, 1.165) is 6.04 Å². The number of hydrogen-bond acceptors (Lipinski definition) is 2. The molecule has 76 valence electrons. The zero-order chi connectivity index (χ0) is 9.47. The van der Waals surface area contributed by atoms with Crippen LogP contribution < -0.4 is 0 Å². The second kappa shape index (κ2) is 3.25. The predicted molar refractivity (Wildman–Crippen MR) is 55.9 cm³/mol. The summed E-state index contributed by atoms with van der Waals surface area (Å²) in [5, 5.41) is 0. The molecule has 3 rings (SSSR count). The number of hydrogen-bond donors (Lipinski definition) is 0. The van der Waals surface area contributed by atoms with Crippen LogP contribution in [-0.4, -0.2) is 47.6 Å². The summed E-state index contributed by atoms with van der Waals surface area (Å²) in [4.78, 5) is 5.32. The molecule has 0 aromatic heterocycles. The van der Waals surface area contributed by atoms with Crippen LogP contribution in [0, 0.1) is 0 Å². The largest absolute Gasteiger partial charge is 0.302 e. The summed E-state index contributed by atoms with van der Waals surface area (Å²) in [5.41, 5.74) is 0.366. The average molecular weight is 182 g/mol. The third-order valence-electron chi connectivity index (χ3n) is 3.52. The Balaban J connectivity index is 2.11. The minimum Gasteiger partial charge on any atom is -0.302 e. The van der Waals surface area contributed by atoms with Gasteiger partial charge in [-0.1, -0.05) is 0 Å². The van der Waals surface area contributed by atoms with Crippen molar-refractivity contribution in [2.45, 2.75) is 45.2 Å². The third kappa shape index (κ3) is 1.89. The lowest BCUT2D eigenvalue weighted by molar-refractivity contribution is 0.0854. The van der Waals surface area contributed by atoms with E-state index in [9.17, 15) is 0 Å². The standard InChI is InChI=1S/C11H22N2/c1-11(2,3)13-9-8-12-6-4-10(13)5-7-12/h10H,4-9H2,1-3H3. The molecule has 3 aliphatic rings. The minimum absolute atomic E-state index is 0.366. The molecule has 0 radical (unpaired) electrons. The Morgan fingerprint density at radius 1 is 0.923 bits per heavy atom. The van der Waals surface area contributed by atoms with Crippen molar-refractivity contribution < 1.29 is 0 Å². The van der Waals surface area contributed by atoms with Crippen molar-refractivity contribution in [2.75, 3.05) is 26.2 Å². The Hall–Kier alpha value is -0.0800. The second-order valence-electron chi connectivity index (χ2n) is 5.44. The SMILES string of the molecule is CC(C)(C)N1CCN2CCC1CC2. The molecule has 0 saturated carbocycles. The first-order valence-electron chi connectivity index (χ1n) is 5.56. The van der Waals surface area contributed by atoms with Crippen molar-refractivity contribution in [1.82, 2.24) is 9.80 Å². The lowest BCUT2D eigenvalue weighted by atomic mass is 9.98. The lowest BCUT2D eigenvalue weighted by Gasteiger charge is -2.40.